The van der Waals surface area contributed by atoms with E-state index in [0.29, 0.717) is 0 Å². The second-order valence-electron chi connectivity index (χ2n) is 10.2. The zero-order valence-corrected chi connectivity index (χ0v) is 23.7. The van der Waals surface area contributed by atoms with Crippen LogP contribution in [0, 0.1) is 0 Å². The van der Waals surface area contributed by atoms with Crippen LogP contribution in [0.25, 0.3) is 27.5 Å². The lowest BCUT2D eigenvalue weighted by Gasteiger charge is -2.25. The van der Waals surface area contributed by atoms with E-state index in [-0.39, 0.29) is 0 Å². The van der Waals surface area contributed by atoms with Gasteiger partial charge in [0.05, 0.1) is 11.0 Å². The molecule has 0 amide bonds. The fraction of sp³-hybridized carbons (Fsp3) is 0.105. The number of fused-ring (bicyclic) bond motifs is 3. The van der Waals surface area contributed by atoms with Crippen molar-refractivity contribution in [1.29, 1.82) is 0 Å². The summed E-state index contributed by atoms with van der Waals surface area (Å²) in [6, 6.07) is 45.3. The molecule has 0 radical (unpaired) electrons. The van der Waals surface area contributed by atoms with Crippen LogP contribution in [0.5, 0.6) is 0 Å². The van der Waals surface area contributed by atoms with Gasteiger partial charge in [0.15, 0.2) is 0 Å². The smallest absolute Gasteiger partial charge is 0.0558 e. The topological polar surface area (TPSA) is 20.2 Å². The Bertz CT molecular complexity index is 1770. The second kappa shape index (κ2) is 12.0. The molecule has 1 N–H and O–H groups in total. The predicted octanol–water partition coefficient (Wildman–Crippen LogP) is 10.7. The van der Waals surface area contributed by atoms with Crippen LogP contribution in [0.3, 0.4) is 0 Å². The molecule has 0 aliphatic rings. The number of nitrogens with zero attached hydrogens (tertiary/aromatic N) is 2. The van der Waals surface area contributed by atoms with Crippen LogP contribution >= 0.6 is 0 Å². The average molecular weight is 534 g/mol. The highest BCUT2D eigenvalue weighted by atomic mass is 15.1. The van der Waals surface area contributed by atoms with Crippen LogP contribution in [0.4, 0.5) is 22.7 Å². The zero-order chi connectivity index (χ0) is 28.0. The molecule has 0 atom stereocenters. The summed E-state index contributed by atoms with van der Waals surface area (Å²) in [5.74, 6) is 0. The minimum absolute atomic E-state index is 0.770. The summed E-state index contributed by atoms with van der Waals surface area (Å²) in [6.45, 7) is 5.07. The number of hydrogen-bond donors (Lipinski definition) is 1. The number of nitrogens with one attached hydrogen (secondary N) is 1. The summed E-state index contributed by atoms with van der Waals surface area (Å²) in [5.41, 5.74) is 9.48. The van der Waals surface area contributed by atoms with Gasteiger partial charge in [-0.25, -0.2) is 0 Å². The van der Waals surface area contributed by atoms with E-state index in [1.165, 1.54) is 44.4 Å². The third-order valence-corrected chi connectivity index (χ3v) is 7.50. The summed E-state index contributed by atoms with van der Waals surface area (Å²) < 4.78 is 2.44. The van der Waals surface area contributed by atoms with E-state index in [0.717, 1.165) is 24.3 Å². The molecule has 0 unspecified atom stereocenters. The fourth-order valence-corrected chi connectivity index (χ4v) is 5.53. The summed E-state index contributed by atoms with van der Waals surface area (Å²) >= 11 is 0. The molecule has 41 heavy (non-hydrogen) atoms. The van der Waals surface area contributed by atoms with E-state index in [4.69, 9.17) is 0 Å². The lowest BCUT2D eigenvalue weighted by Crippen LogP contribution is -2.16. The van der Waals surface area contributed by atoms with Gasteiger partial charge in [-0.2, -0.15) is 0 Å². The third-order valence-electron chi connectivity index (χ3n) is 7.50. The van der Waals surface area contributed by atoms with Gasteiger partial charge in [0.2, 0.25) is 0 Å². The SMILES string of the molecule is C/C=C\C=C(/CC)n1c2cc(CN(c3ccccc3)c3ccccc3)ccc2c2ccc(Nc3ccccc3)cc21. The Morgan fingerprint density at radius 3 is 1.88 bits per heavy atom. The van der Waals surface area contributed by atoms with Crippen LogP contribution in [0.1, 0.15) is 25.8 Å². The number of anilines is 4. The van der Waals surface area contributed by atoms with E-state index in [1.807, 2.05) is 6.07 Å². The van der Waals surface area contributed by atoms with Crippen LogP contribution < -0.4 is 10.2 Å². The quantitative estimate of drug-likeness (QED) is 0.187. The standard InChI is InChI=1S/C38H35N3/c1-3-5-17-32(4-2)41-37-26-29(28-40(33-18-11-7-12-19-33)34-20-13-8-14-21-34)22-24-35(37)36-25-23-31(27-38(36)41)39-30-15-9-6-10-16-30/h3,5-27,39H,4,28H2,1-2H3/b5-3-,32-17+. The van der Waals surface area contributed by atoms with Crippen molar-refractivity contribution < 1.29 is 0 Å². The van der Waals surface area contributed by atoms with Crippen LogP contribution in [-0.2, 0) is 6.54 Å². The average Bonchev–Trinajstić information content (AvgIpc) is 3.34. The molecular weight excluding hydrogens is 498 g/mol. The van der Waals surface area contributed by atoms with E-state index < -0.39 is 0 Å². The molecule has 0 saturated carbocycles. The molecule has 5 aromatic carbocycles. The number of aromatic nitrogens is 1. The van der Waals surface area contributed by atoms with Gasteiger partial charge in [0.1, 0.15) is 0 Å². The van der Waals surface area contributed by atoms with Crippen molar-refractivity contribution in [3.63, 3.8) is 0 Å². The minimum Gasteiger partial charge on any atom is -0.355 e. The Kier molecular flexibility index (Phi) is 7.68. The number of benzene rings is 5. The van der Waals surface area contributed by atoms with Crippen LogP contribution in [0.2, 0.25) is 0 Å². The molecular formula is C38H35N3. The van der Waals surface area contributed by atoms with Gasteiger partial charge in [-0.15, -0.1) is 0 Å². The summed E-state index contributed by atoms with van der Waals surface area (Å²) in [7, 11) is 0. The molecule has 3 nitrogen and oxygen atoms in total. The molecule has 0 saturated heterocycles. The van der Waals surface area contributed by atoms with Crippen molar-refractivity contribution in [3.05, 3.63) is 151 Å². The molecule has 6 rings (SSSR count). The van der Waals surface area contributed by atoms with Gasteiger partial charge in [0, 0.05) is 45.8 Å². The Morgan fingerprint density at radius 1 is 0.683 bits per heavy atom. The van der Waals surface area contributed by atoms with E-state index >= 15 is 0 Å². The Labute approximate surface area is 242 Å². The molecule has 3 heteroatoms. The van der Waals surface area contributed by atoms with Gasteiger partial charge in [0.25, 0.3) is 0 Å². The highest BCUT2D eigenvalue weighted by Gasteiger charge is 2.16. The van der Waals surface area contributed by atoms with Gasteiger partial charge >= 0.3 is 0 Å². The van der Waals surface area contributed by atoms with Gasteiger partial charge in [-0.1, -0.05) is 91.9 Å². The Balaban J connectivity index is 1.49. The highest BCUT2D eigenvalue weighted by molar-refractivity contribution is 6.11. The van der Waals surface area contributed by atoms with Crippen molar-refractivity contribution in [2.24, 2.45) is 0 Å². The fourth-order valence-electron chi connectivity index (χ4n) is 5.53. The van der Waals surface area contributed by atoms with E-state index in [9.17, 15) is 0 Å². The van der Waals surface area contributed by atoms with E-state index in [1.54, 1.807) is 0 Å². The monoisotopic (exact) mass is 533 g/mol. The first kappa shape index (κ1) is 26.2. The normalized spacial score (nSPS) is 11.9. The first-order valence-electron chi connectivity index (χ1n) is 14.3. The molecule has 0 aliphatic carbocycles. The summed E-state index contributed by atoms with van der Waals surface area (Å²) in [4.78, 5) is 2.38. The van der Waals surface area contributed by atoms with Crippen LogP contribution in [-0.4, -0.2) is 4.57 Å². The maximum absolute atomic E-state index is 3.59. The van der Waals surface area contributed by atoms with Crippen molar-refractivity contribution >= 4 is 50.3 Å². The van der Waals surface area contributed by atoms with Crippen molar-refractivity contribution in [3.8, 4) is 0 Å². The van der Waals surface area contributed by atoms with E-state index in [2.05, 4.69) is 168 Å². The maximum atomic E-state index is 3.59. The number of rotatable bonds is 9. The zero-order valence-electron chi connectivity index (χ0n) is 23.7. The molecule has 0 spiro atoms. The Morgan fingerprint density at radius 2 is 1.27 bits per heavy atom. The number of para-hydroxylation sites is 3. The first-order valence-corrected chi connectivity index (χ1v) is 14.3. The maximum Gasteiger partial charge on any atom is 0.0558 e. The highest BCUT2D eigenvalue weighted by Crippen LogP contribution is 2.36. The van der Waals surface area contributed by atoms with Crippen molar-refractivity contribution in [1.82, 2.24) is 4.57 Å². The van der Waals surface area contributed by atoms with Crippen molar-refractivity contribution in [2.45, 2.75) is 26.8 Å². The summed E-state index contributed by atoms with van der Waals surface area (Å²) in [5, 5.41) is 6.11. The largest absolute Gasteiger partial charge is 0.355 e. The molecule has 0 aliphatic heterocycles. The van der Waals surface area contributed by atoms with Crippen molar-refractivity contribution in [2.75, 3.05) is 10.2 Å². The third kappa shape index (κ3) is 5.53. The molecule has 0 bridgehead atoms. The molecule has 0 fully saturated rings. The molecule has 1 aromatic heterocycles. The van der Waals surface area contributed by atoms with Crippen LogP contribution in [0.15, 0.2) is 146 Å². The number of hydrogen-bond acceptors (Lipinski definition) is 2. The lowest BCUT2D eigenvalue weighted by atomic mass is 10.1. The van der Waals surface area contributed by atoms with Gasteiger partial charge in [-0.3, -0.25) is 0 Å². The lowest BCUT2D eigenvalue weighted by molar-refractivity contribution is 0.975. The van der Waals surface area contributed by atoms with Gasteiger partial charge < -0.3 is 14.8 Å². The second-order valence-corrected chi connectivity index (χ2v) is 10.2. The molecule has 6 aromatic rings. The Hall–Kier alpha value is -5.02. The predicted molar refractivity (Wildman–Crippen MR) is 177 cm³/mol. The van der Waals surface area contributed by atoms with Gasteiger partial charge in [-0.05, 0) is 79.6 Å². The summed E-state index contributed by atoms with van der Waals surface area (Å²) in [6.07, 6.45) is 7.39. The number of allylic oxidation sites excluding steroid dienone is 4. The molecule has 1 heterocycles. The first-order chi connectivity index (χ1) is 20.2. The molecule has 202 valence electrons. The minimum atomic E-state index is 0.770.